The van der Waals surface area contributed by atoms with Crippen LogP contribution in [0.4, 0.5) is 0 Å². The molecule has 1 fully saturated rings. The molecule has 1 saturated carbocycles. The first-order valence-electron chi connectivity index (χ1n) is 7.69. The van der Waals surface area contributed by atoms with Crippen molar-refractivity contribution in [3.63, 3.8) is 0 Å². The van der Waals surface area contributed by atoms with Gasteiger partial charge < -0.3 is 4.74 Å². The largest absolute Gasteiger partial charge is 0.465 e. The number of carbonyl (C=O) groups excluding carboxylic acids is 3. The van der Waals surface area contributed by atoms with E-state index in [4.69, 9.17) is 4.74 Å². The van der Waals surface area contributed by atoms with Gasteiger partial charge in [-0.2, -0.15) is 0 Å². The Bertz CT molecular complexity index is 467. The average Bonchev–Trinajstić information content (AvgIpc) is 2.74. The van der Waals surface area contributed by atoms with Crippen molar-refractivity contribution in [3.8, 4) is 0 Å². The van der Waals surface area contributed by atoms with Crippen molar-refractivity contribution in [2.24, 2.45) is 17.8 Å². The van der Waals surface area contributed by atoms with E-state index in [1.54, 1.807) is 0 Å². The van der Waals surface area contributed by atoms with Crippen molar-refractivity contribution >= 4 is 17.8 Å². The summed E-state index contributed by atoms with van der Waals surface area (Å²) in [6.45, 7) is 4.85. The summed E-state index contributed by atoms with van der Waals surface area (Å²) >= 11 is 0. The van der Waals surface area contributed by atoms with Gasteiger partial charge in [-0.05, 0) is 30.6 Å². The van der Waals surface area contributed by atoms with E-state index in [1.165, 1.54) is 25.3 Å². The molecule has 0 saturated heterocycles. The minimum absolute atomic E-state index is 0.128. The summed E-state index contributed by atoms with van der Waals surface area (Å²) in [6.07, 6.45) is 5.77. The SMILES string of the molecule is CC(C)C1CCCC[C@@H]1COC(=O)CC1=CC(=O)NC1=O. The highest BCUT2D eigenvalue weighted by Gasteiger charge is 2.29. The van der Waals surface area contributed by atoms with Crippen molar-refractivity contribution in [1.29, 1.82) is 0 Å². The maximum atomic E-state index is 11.8. The normalized spacial score (nSPS) is 25.8. The number of hydrogen-bond acceptors (Lipinski definition) is 4. The van der Waals surface area contributed by atoms with E-state index >= 15 is 0 Å². The number of hydrogen-bond donors (Lipinski definition) is 1. The van der Waals surface area contributed by atoms with Crippen LogP contribution in [0.15, 0.2) is 11.6 Å². The van der Waals surface area contributed by atoms with Gasteiger partial charge in [0.25, 0.3) is 11.8 Å². The van der Waals surface area contributed by atoms with Crippen molar-refractivity contribution in [1.82, 2.24) is 5.32 Å². The van der Waals surface area contributed by atoms with E-state index in [2.05, 4.69) is 19.2 Å². The van der Waals surface area contributed by atoms with Crippen LogP contribution in [0.1, 0.15) is 46.0 Å². The van der Waals surface area contributed by atoms with Gasteiger partial charge in [0, 0.05) is 11.6 Å². The second-order valence-corrected chi connectivity index (χ2v) is 6.30. The summed E-state index contributed by atoms with van der Waals surface area (Å²) in [5.74, 6) is 0.219. The summed E-state index contributed by atoms with van der Waals surface area (Å²) < 4.78 is 5.34. The predicted octanol–water partition coefficient (Wildman–Crippen LogP) is 1.96. The molecule has 1 aliphatic heterocycles. The molecule has 0 aromatic carbocycles. The molecule has 0 aromatic heterocycles. The molecule has 5 nitrogen and oxygen atoms in total. The molecule has 2 atom stereocenters. The van der Waals surface area contributed by atoms with E-state index in [1.807, 2.05) is 0 Å². The predicted molar refractivity (Wildman–Crippen MR) is 77.1 cm³/mol. The fraction of sp³-hybridized carbons (Fsp3) is 0.688. The third-order valence-corrected chi connectivity index (χ3v) is 4.45. The molecule has 2 amide bonds. The van der Waals surface area contributed by atoms with E-state index in [0.29, 0.717) is 24.4 Å². The van der Waals surface area contributed by atoms with Gasteiger partial charge in [0.2, 0.25) is 0 Å². The van der Waals surface area contributed by atoms with Gasteiger partial charge in [-0.15, -0.1) is 0 Å². The zero-order valence-electron chi connectivity index (χ0n) is 12.7. The average molecular weight is 293 g/mol. The number of imide groups is 1. The van der Waals surface area contributed by atoms with Gasteiger partial charge in [0.1, 0.15) is 0 Å². The van der Waals surface area contributed by atoms with Crippen LogP contribution in [-0.4, -0.2) is 24.4 Å². The lowest BCUT2D eigenvalue weighted by molar-refractivity contribution is -0.146. The van der Waals surface area contributed by atoms with Crippen LogP contribution >= 0.6 is 0 Å². The quantitative estimate of drug-likeness (QED) is 0.621. The van der Waals surface area contributed by atoms with E-state index in [0.717, 1.165) is 6.42 Å². The van der Waals surface area contributed by atoms with Gasteiger partial charge in [0.05, 0.1) is 13.0 Å². The van der Waals surface area contributed by atoms with E-state index in [-0.39, 0.29) is 12.0 Å². The Morgan fingerprint density at radius 1 is 1.33 bits per heavy atom. The summed E-state index contributed by atoms with van der Waals surface area (Å²) in [7, 11) is 0. The molecule has 2 aliphatic rings. The molecular weight excluding hydrogens is 270 g/mol. The van der Waals surface area contributed by atoms with Crippen LogP contribution in [0.25, 0.3) is 0 Å². The number of amides is 2. The molecule has 5 heteroatoms. The summed E-state index contributed by atoms with van der Waals surface area (Å²) in [5.41, 5.74) is 0.189. The van der Waals surface area contributed by atoms with Crippen LogP contribution in [0, 0.1) is 17.8 Å². The molecule has 0 aromatic rings. The van der Waals surface area contributed by atoms with E-state index < -0.39 is 17.8 Å². The maximum Gasteiger partial charge on any atom is 0.310 e. The van der Waals surface area contributed by atoms with Crippen LogP contribution in [0.2, 0.25) is 0 Å². The van der Waals surface area contributed by atoms with Gasteiger partial charge in [-0.1, -0.05) is 26.7 Å². The Morgan fingerprint density at radius 3 is 2.67 bits per heavy atom. The number of esters is 1. The number of rotatable bonds is 5. The van der Waals surface area contributed by atoms with Crippen molar-refractivity contribution < 1.29 is 19.1 Å². The van der Waals surface area contributed by atoms with Crippen molar-refractivity contribution in [3.05, 3.63) is 11.6 Å². The Hall–Kier alpha value is -1.65. The van der Waals surface area contributed by atoms with Gasteiger partial charge in [0.15, 0.2) is 0 Å². The molecule has 1 unspecified atom stereocenters. The molecule has 21 heavy (non-hydrogen) atoms. The Kier molecular flexibility index (Phi) is 5.15. The molecular formula is C16H23NO4. The molecule has 2 rings (SSSR count). The first kappa shape index (κ1) is 15.7. The molecule has 116 valence electrons. The summed E-state index contributed by atoms with van der Waals surface area (Å²) in [4.78, 5) is 34.2. The Labute approximate surface area is 125 Å². The zero-order chi connectivity index (χ0) is 15.4. The smallest absolute Gasteiger partial charge is 0.310 e. The minimum atomic E-state index is -0.491. The topological polar surface area (TPSA) is 72.5 Å². The molecule has 0 bridgehead atoms. The molecule has 1 N–H and O–H groups in total. The highest BCUT2D eigenvalue weighted by atomic mass is 16.5. The van der Waals surface area contributed by atoms with Crippen LogP contribution < -0.4 is 5.32 Å². The fourth-order valence-electron chi connectivity index (χ4n) is 3.31. The van der Waals surface area contributed by atoms with Crippen molar-refractivity contribution in [2.75, 3.05) is 6.61 Å². The van der Waals surface area contributed by atoms with Crippen molar-refractivity contribution in [2.45, 2.75) is 46.0 Å². The number of carbonyl (C=O) groups is 3. The fourth-order valence-corrected chi connectivity index (χ4v) is 3.31. The monoisotopic (exact) mass is 293 g/mol. The molecule has 1 aliphatic carbocycles. The first-order valence-corrected chi connectivity index (χ1v) is 7.69. The second kappa shape index (κ2) is 6.87. The molecule has 0 spiro atoms. The number of nitrogens with one attached hydrogen (secondary N) is 1. The summed E-state index contributed by atoms with van der Waals surface area (Å²) in [6, 6.07) is 0. The maximum absolute atomic E-state index is 11.8. The lowest BCUT2D eigenvalue weighted by Gasteiger charge is -2.33. The number of ether oxygens (including phenoxy) is 1. The lowest BCUT2D eigenvalue weighted by Crippen LogP contribution is -2.29. The van der Waals surface area contributed by atoms with Gasteiger partial charge in [-0.3, -0.25) is 19.7 Å². The van der Waals surface area contributed by atoms with Crippen LogP contribution in [-0.2, 0) is 19.1 Å². The zero-order valence-corrected chi connectivity index (χ0v) is 12.7. The standard InChI is InChI=1S/C16H23NO4/c1-10(2)13-6-4-3-5-11(13)9-21-15(19)8-12-7-14(18)17-16(12)20/h7,10-11,13H,3-6,8-9H2,1-2H3,(H,17,18,20)/t11-,13?/m1/s1. The molecule has 0 radical (unpaired) electrons. The Morgan fingerprint density at radius 2 is 2.05 bits per heavy atom. The first-order chi connectivity index (χ1) is 9.97. The third kappa shape index (κ3) is 4.16. The highest BCUT2D eigenvalue weighted by molar-refractivity contribution is 6.17. The second-order valence-electron chi connectivity index (χ2n) is 6.30. The summed E-state index contributed by atoms with van der Waals surface area (Å²) in [5, 5.41) is 2.12. The molecule has 1 heterocycles. The van der Waals surface area contributed by atoms with Gasteiger partial charge in [-0.25, -0.2) is 0 Å². The van der Waals surface area contributed by atoms with Crippen LogP contribution in [0.5, 0.6) is 0 Å². The highest BCUT2D eigenvalue weighted by Crippen LogP contribution is 2.35. The lowest BCUT2D eigenvalue weighted by atomic mass is 9.74. The van der Waals surface area contributed by atoms with E-state index in [9.17, 15) is 14.4 Å². The van der Waals surface area contributed by atoms with Crippen LogP contribution in [0.3, 0.4) is 0 Å². The third-order valence-electron chi connectivity index (χ3n) is 4.45. The van der Waals surface area contributed by atoms with Gasteiger partial charge >= 0.3 is 5.97 Å². The minimum Gasteiger partial charge on any atom is -0.465 e. The Balaban J connectivity index is 1.82.